The maximum Gasteiger partial charge on any atom is 0.191 e. The Bertz CT molecular complexity index is 467. The van der Waals surface area contributed by atoms with Crippen molar-refractivity contribution in [1.29, 1.82) is 0 Å². The average Bonchev–Trinajstić information content (AvgIpc) is 2.96. The van der Waals surface area contributed by atoms with Crippen molar-refractivity contribution >= 4 is 17.3 Å². The fourth-order valence-electron chi connectivity index (χ4n) is 1.68. The van der Waals surface area contributed by atoms with Crippen LogP contribution in [-0.2, 0) is 5.60 Å². The van der Waals surface area contributed by atoms with E-state index in [2.05, 4.69) is 48.5 Å². The van der Waals surface area contributed by atoms with Gasteiger partial charge in [-0.25, -0.2) is 0 Å². The van der Waals surface area contributed by atoms with Crippen LogP contribution >= 0.6 is 11.3 Å². The van der Waals surface area contributed by atoms with Crippen molar-refractivity contribution < 1.29 is 5.11 Å². The highest BCUT2D eigenvalue weighted by atomic mass is 32.1. The third-order valence-corrected chi connectivity index (χ3v) is 4.61. The molecule has 0 spiro atoms. The van der Waals surface area contributed by atoms with E-state index in [4.69, 9.17) is 0 Å². The third kappa shape index (κ3) is 5.59. The number of rotatable bonds is 7. The van der Waals surface area contributed by atoms with Crippen molar-refractivity contribution in [3.8, 4) is 0 Å². The van der Waals surface area contributed by atoms with Gasteiger partial charge < -0.3 is 20.6 Å². The molecule has 3 N–H and O–H groups in total. The number of guanidine groups is 1. The van der Waals surface area contributed by atoms with E-state index >= 15 is 0 Å². The molecule has 0 aliphatic rings. The van der Waals surface area contributed by atoms with Crippen molar-refractivity contribution in [3.63, 3.8) is 0 Å². The topological polar surface area (TPSA) is 59.9 Å². The molecule has 1 heterocycles. The van der Waals surface area contributed by atoms with Crippen molar-refractivity contribution in [2.24, 2.45) is 4.99 Å². The first-order valence-electron chi connectivity index (χ1n) is 7.63. The summed E-state index contributed by atoms with van der Waals surface area (Å²) in [5, 5.41) is 21.0. The number of aliphatic hydroxyl groups is 1. The largest absolute Gasteiger partial charge is 0.384 e. The highest BCUT2D eigenvalue weighted by Gasteiger charge is 2.24. The van der Waals surface area contributed by atoms with Crippen LogP contribution in [-0.4, -0.2) is 55.2 Å². The summed E-state index contributed by atoms with van der Waals surface area (Å²) < 4.78 is 0. The van der Waals surface area contributed by atoms with E-state index in [0.29, 0.717) is 13.1 Å². The molecule has 126 valence electrons. The number of nitrogens with one attached hydrogen (secondary N) is 2. The molecule has 1 atom stereocenters. The van der Waals surface area contributed by atoms with Gasteiger partial charge in [-0.15, -0.1) is 0 Å². The number of hydrogen-bond donors (Lipinski definition) is 3. The predicted molar refractivity (Wildman–Crippen MR) is 95.6 cm³/mol. The van der Waals surface area contributed by atoms with E-state index in [0.717, 1.165) is 18.1 Å². The van der Waals surface area contributed by atoms with Gasteiger partial charge in [-0.2, -0.15) is 11.3 Å². The van der Waals surface area contributed by atoms with Gasteiger partial charge in [0.2, 0.25) is 0 Å². The molecule has 1 aromatic rings. The Morgan fingerprint density at radius 2 is 2.00 bits per heavy atom. The molecule has 22 heavy (non-hydrogen) atoms. The number of aliphatic imine (C=N–C) groups is 1. The lowest BCUT2D eigenvalue weighted by Crippen LogP contribution is -2.46. The Labute approximate surface area is 138 Å². The molecule has 5 nitrogen and oxygen atoms in total. The number of nitrogens with zero attached hydrogens (tertiary/aromatic N) is 2. The molecule has 1 unspecified atom stereocenters. The van der Waals surface area contributed by atoms with E-state index in [1.807, 2.05) is 30.7 Å². The molecule has 0 aliphatic heterocycles. The molecule has 0 saturated heterocycles. The molecule has 0 fully saturated rings. The summed E-state index contributed by atoms with van der Waals surface area (Å²) in [5.74, 6) is 0.730. The predicted octanol–water partition coefficient (Wildman–Crippen LogP) is 1.85. The van der Waals surface area contributed by atoms with Crippen molar-refractivity contribution in [2.45, 2.75) is 38.8 Å². The van der Waals surface area contributed by atoms with Gasteiger partial charge >= 0.3 is 0 Å². The average molecular weight is 327 g/mol. The van der Waals surface area contributed by atoms with E-state index < -0.39 is 5.60 Å². The number of thiophene rings is 1. The first kappa shape index (κ1) is 18.9. The Kier molecular flexibility index (Phi) is 6.84. The van der Waals surface area contributed by atoms with Crippen LogP contribution in [0.1, 0.15) is 33.3 Å². The minimum atomic E-state index is -0.909. The van der Waals surface area contributed by atoms with Crippen molar-refractivity contribution in [2.75, 3.05) is 33.7 Å². The van der Waals surface area contributed by atoms with Gasteiger partial charge in [0.25, 0.3) is 0 Å². The zero-order valence-corrected chi connectivity index (χ0v) is 15.4. The van der Waals surface area contributed by atoms with E-state index in [1.54, 1.807) is 11.3 Å². The highest BCUT2D eigenvalue weighted by molar-refractivity contribution is 7.08. The summed E-state index contributed by atoms with van der Waals surface area (Å²) >= 11 is 1.59. The molecule has 0 amide bonds. The number of likely N-dealkylation sites (N-methyl/N-ethyl adjacent to an activating group) is 1. The molecular formula is C16H30N4OS. The lowest BCUT2D eigenvalue weighted by molar-refractivity contribution is 0.0621. The summed E-state index contributed by atoms with van der Waals surface area (Å²) in [5.41, 5.74) is 0.000320. The minimum absolute atomic E-state index is 0.0156. The Morgan fingerprint density at radius 1 is 1.32 bits per heavy atom. The van der Waals surface area contributed by atoms with Gasteiger partial charge in [0, 0.05) is 12.1 Å². The lowest BCUT2D eigenvalue weighted by Gasteiger charge is -2.31. The summed E-state index contributed by atoms with van der Waals surface area (Å²) in [7, 11) is 4.11. The van der Waals surface area contributed by atoms with Crippen LogP contribution < -0.4 is 10.6 Å². The Balaban J connectivity index is 2.68. The second kappa shape index (κ2) is 7.94. The van der Waals surface area contributed by atoms with Crippen LogP contribution in [0.4, 0.5) is 0 Å². The minimum Gasteiger partial charge on any atom is -0.384 e. The maximum atomic E-state index is 10.6. The fraction of sp³-hybridized carbons (Fsp3) is 0.688. The molecule has 1 aromatic heterocycles. The molecule has 0 aliphatic carbocycles. The quantitative estimate of drug-likeness (QED) is 0.529. The molecular weight excluding hydrogens is 296 g/mol. The molecule has 0 bridgehead atoms. The van der Waals surface area contributed by atoms with Crippen LogP contribution in [0.5, 0.6) is 0 Å². The Hall–Kier alpha value is -1.11. The van der Waals surface area contributed by atoms with Crippen molar-refractivity contribution in [3.05, 3.63) is 22.4 Å². The lowest BCUT2D eigenvalue weighted by atomic mass is 9.99. The molecule has 6 heteroatoms. The maximum absolute atomic E-state index is 10.6. The van der Waals surface area contributed by atoms with Crippen LogP contribution in [0.15, 0.2) is 21.8 Å². The summed E-state index contributed by atoms with van der Waals surface area (Å²) in [6.07, 6.45) is 0. The van der Waals surface area contributed by atoms with Gasteiger partial charge in [-0.05, 0) is 64.2 Å². The smallest absolute Gasteiger partial charge is 0.191 e. The van der Waals surface area contributed by atoms with Crippen molar-refractivity contribution in [1.82, 2.24) is 15.5 Å². The molecule has 0 aromatic carbocycles. The van der Waals surface area contributed by atoms with Crippen LogP contribution in [0.3, 0.4) is 0 Å². The zero-order valence-electron chi connectivity index (χ0n) is 14.6. The second-order valence-electron chi connectivity index (χ2n) is 6.54. The van der Waals surface area contributed by atoms with E-state index in [-0.39, 0.29) is 5.54 Å². The van der Waals surface area contributed by atoms with Gasteiger partial charge in [0.1, 0.15) is 5.60 Å². The van der Waals surface area contributed by atoms with Gasteiger partial charge in [-0.1, -0.05) is 0 Å². The third-order valence-electron chi connectivity index (χ3n) is 3.92. The zero-order chi connectivity index (χ0) is 16.8. The Morgan fingerprint density at radius 3 is 2.50 bits per heavy atom. The molecule has 0 saturated carbocycles. The van der Waals surface area contributed by atoms with Gasteiger partial charge in [0.05, 0.1) is 13.1 Å². The summed E-state index contributed by atoms with van der Waals surface area (Å²) in [6, 6.07) is 1.95. The summed E-state index contributed by atoms with van der Waals surface area (Å²) in [6.45, 7) is 10.0. The molecule has 0 radical (unpaired) electrons. The standard InChI is InChI=1S/C16H30N4OS/c1-7-17-14(18-11-15(2,3)20(5)6)19-12-16(4,21)13-8-9-22-10-13/h8-10,21H,7,11-12H2,1-6H3,(H2,17,18,19). The van der Waals surface area contributed by atoms with E-state index in [9.17, 15) is 5.11 Å². The first-order chi connectivity index (χ1) is 10.2. The number of hydrogen-bond acceptors (Lipinski definition) is 4. The van der Waals surface area contributed by atoms with Crippen LogP contribution in [0, 0.1) is 0 Å². The molecule has 1 rings (SSSR count). The highest BCUT2D eigenvalue weighted by Crippen LogP contribution is 2.21. The second-order valence-corrected chi connectivity index (χ2v) is 7.32. The van der Waals surface area contributed by atoms with E-state index in [1.165, 1.54) is 0 Å². The first-order valence-corrected chi connectivity index (χ1v) is 8.58. The normalized spacial score (nSPS) is 15.7. The SMILES string of the molecule is CCNC(=NCC(C)(C)N(C)C)NCC(C)(O)c1ccsc1. The van der Waals surface area contributed by atoms with Crippen LogP contribution in [0.25, 0.3) is 0 Å². The van der Waals surface area contributed by atoms with Gasteiger partial charge in [0.15, 0.2) is 5.96 Å². The van der Waals surface area contributed by atoms with Crippen LogP contribution in [0.2, 0.25) is 0 Å². The summed E-state index contributed by atoms with van der Waals surface area (Å²) in [4.78, 5) is 6.79. The monoisotopic (exact) mass is 326 g/mol. The fourth-order valence-corrected chi connectivity index (χ4v) is 2.47. The van der Waals surface area contributed by atoms with Gasteiger partial charge in [-0.3, -0.25) is 4.99 Å².